The summed E-state index contributed by atoms with van der Waals surface area (Å²) in [6, 6.07) is 6.93. The number of amides is 1. The van der Waals surface area contributed by atoms with Gasteiger partial charge in [0.25, 0.3) is 0 Å². The van der Waals surface area contributed by atoms with Gasteiger partial charge in [0.05, 0.1) is 14.2 Å². The number of benzene rings is 2. The largest absolute Gasteiger partial charge is 0.504 e. The Morgan fingerprint density at radius 2 is 1.92 bits per heavy atom. The van der Waals surface area contributed by atoms with Gasteiger partial charge in [0.15, 0.2) is 23.0 Å². The molecule has 2 N–H and O–H groups in total. The molecule has 7 heteroatoms. The van der Waals surface area contributed by atoms with Crippen LogP contribution in [0.4, 0.5) is 5.69 Å². The van der Waals surface area contributed by atoms with E-state index in [0.717, 1.165) is 11.1 Å². The number of methoxy groups -OCH3 is 2. The Labute approximate surface area is 144 Å². The molecule has 1 amide bonds. The van der Waals surface area contributed by atoms with Crippen LogP contribution < -0.4 is 24.3 Å². The molecule has 25 heavy (non-hydrogen) atoms. The monoisotopic (exact) mass is 343 g/mol. The Morgan fingerprint density at radius 1 is 1.12 bits per heavy atom. The van der Waals surface area contributed by atoms with E-state index in [4.69, 9.17) is 18.9 Å². The first-order chi connectivity index (χ1) is 12.1. The maximum Gasteiger partial charge on any atom is 0.231 e. The fourth-order valence-electron chi connectivity index (χ4n) is 3.29. The van der Waals surface area contributed by atoms with Crippen LogP contribution in [0.15, 0.2) is 24.3 Å². The Morgan fingerprint density at radius 3 is 2.68 bits per heavy atom. The summed E-state index contributed by atoms with van der Waals surface area (Å²) in [7, 11) is 3.02. The summed E-state index contributed by atoms with van der Waals surface area (Å²) in [5.41, 5.74) is 2.27. The Kier molecular flexibility index (Phi) is 3.56. The van der Waals surface area contributed by atoms with Gasteiger partial charge in [0, 0.05) is 24.1 Å². The molecule has 0 fully saturated rings. The first kappa shape index (κ1) is 15.4. The molecule has 1 atom stereocenters. The van der Waals surface area contributed by atoms with Gasteiger partial charge in [-0.15, -0.1) is 0 Å². The summed E-state index contributed by atoms with van der Waals surface area (Å²) in [5.74, 6) is 1.67. The maximum absolute atomic E-state index is 12.2. The number of fused-ring (bicyclic) bond motifs is 2. The summed E-state index contributed by atoms with van der Waals surface area (Å²) in [4.78, 5) is 12.2. The van der Waals surface area contributed by atoms with E-state index in [0.29, 0.717) is 28.7 Å². The number of phenols is 1. The van der Waals surface area contributed by atoms with Crippen LogP contribution in [0.1, 0.15) is 23.5 Å². The van der Waals surface area contributed by atoms with Gasteiger partial charge in [-0.05, 0) is 29.3 Å². The number of aromatic hydroxyl groups is 1. The van der Waals surface area contributed by atoms with E-state index < -0.39 is 0 Å². The smallest absolute Gasteiger partial charge is 0.231 e. The van der Waals surface area contributed by atoms with Gasteiger partial charge in [-0.25, -0.2) is 0 Å². The number of hydrogen-bond acceptors (Lipinski definition) is 6. The Bertz CT molecular complexity index is 863. The van der Waals surface area contributed by atoms with E-state index in [1.165, 1.54) is 7.11 Å². The topological polar surface area (TPSA) is 86.2 Å². The molecule has 130 valence electrons. The number of carbonyl (C=O) groups is 1. The van der Waals surface area contributed by atoms with E-state index in [-0.39, 0.29) is 30.8 Å². The molecule has 0 bridgehead atoms. The molecule has 2 aliphatic heterocycles. The molecule has 0 aromatic heterocycles. The van der Waals surface area contributed by atoms with Gasteiger partial charge in [-0.2, -0.15) is 0 Å². The highest BCUT2D eigenvalue weighted by atomic mass is 16.7. The Hall–Kier alpha value is -3.09. The number of nitrogens with one attached hydrogen (secondary N) is 1. The average molecular weight is 343 g/mol. The van der Waals surface area contributed by atoms with Crippen LogP contribution in [-0.4, -0.2) is 32.0 Å². The minimum Gasteiger partial charge on any atom is -0.504 e. The molecular weight excluding hydrogens is 326 g/mol. The number of hydrogen-bond donors (Lipinski definition) is 2. The number of ether oxygens (including phenoxy) is 4. The van der Waals surface area contributed by atoms with Crippen molar-refractivity contribution >= 4 is 11.6 Å². The van der Waals surface area contributed by atoms with E-state index in [2.05, 4.69) is 5.32 Å². The number of carbonyl (C=O) groups excluding carboxylic acids is 1. The van der Waals surface area contributed by atoms with Crippen molar-refractivity contribution in [3.8, 4) is 28.7 Å². The zero-order valence-corrected chi connectivity index (χ0v) is 13.8. The molecule has 4 rings (SSSR count). The Balaban J connectivity index is 1.85. The lowest BCUT2D eigenvalue weighted by Crippen LogP contribution is -2.23. The molecule has 2 aromatic rings. The molecule has 2 heterocycles. The SMILES string of the molecule is COc1cc2c(cc1O)C(c1cc(OC)c3c(c1)OCO3)CC(=O)N2. The predicted octanol–water partition coefficient (Wildman–Crippen LogP) is 2.61. The number of anilines is 1. The van der Waals surface area contributed by atoms with Crippen molar-refractivity contribution in [1.29, 1.82) is 0 Å². The predicted molar refractivity (Wildman–Crippen MR) is 88.9 cm³/mol. The molecule has 0 saturated heterocycles. The van der Waals surface area contributed by atoms with Crippen LogP contribution in [0.25, 0.3) is 0 Å². The second-order valence-corrected chi connectivity index (χ2v) is 5.87. The van der Waals surface area contributed by atoms with Crippen LogP contribution in [-0.2, 0) is 4.79 Å². The van der Waals surface area contributed by atoms with Gasteiger partial charge in [-0.1, -0.05) is 0 Å². The van der Waals surface area contributed by atoms with Crippen LogP contribution in [0.2, 0.25) is 0 Å². The highest BCUT2D eigenvalue weighted by Crippen LogP contribution is 2.48. The first-order valence-corrected chi connectivity index (χ1v) is 7.79. The zero-order chi connectivity index (χ0) is 17.6. The van der Waals surface area contributed by atoms with Gasteiger partial charge >= 0.3 is 0 Å². The van der Waals surface area contributed by atoms with Crippen LogP contribution in [0.3, 0.4) is 0 Å². The number of phenolic OH excluding ortho intramolecular Hbond substituents is 1. The molecule has 0 radical (unpaired) electrons. The molecule has 2 aromatic carbocycles. The van der Waals surface area contributed by atoms with Gasteiger partial charge in [-0.3, -0.25) is 4.79 Å². The molecule has 0 spiro atoms. The lowest BCUT2D eigenvalue weighted by Gasteiger charge is -2.27. The maximum atomic E-state index is 12.2. The third kappa shape index (κ3) is 2.48. The fraction of sp³-hybridized carbons (Fsp3) is 0.278. The summed E-state index contributed by atoms with van der Waals surface area (Å²) >= 11 is 0. The van der Waals surface area contributed by atoms with Crippen molar-refractivity contribution in [2.45, 2.75) is 12.3 Å². The second kappa shape index (κ2) is 5.77. The summed E-state index contributed by atoms with van der Waals surface area (Å²) in [6.45, 7) is 0.134. The van der Waals surface area contributed by atoms with Gasteiger partial charge < -0.3 is 29.4 Å². The molecule has 1 unspecified atom stereocenters. The average Bonchev–Trinajstić information content (AvgIpc) is 3.08. The number of rotatable bonds is 3. The minimum absolute atomic E-state index is 0.0232. The highest BCUT2D eigenvalue weighted by molar-refractivity contribution is 5.96. The normalized spacial score (nSPS) is 17.7. The first-order valence-electron chi connectivity index (χ1n) is 7.79. The van der Waals surface area contributed by atoms with Crippen molar-refractivity contribution < 1.29 is 28.8 Å². The summed E-state index contributed by atoms with van der Waals surface area (Å²) in [5, 5.41) is 13.0. The van der Waals surface area contributed by atoms with Gasteiger partial charge in [0.2, 0.25) is 18.4 Å². The molecular formula is C18H17NO6. The van der Waals surface area contributed by atoms with Crippen molar-refractivity contribution in [1.82, 2.24) is 0 Å². The van der Waals surface area contributed by atoms with Crippen molar-refractivity contribution in [2.75, 3.05) is 26.3 Å². The third-order valence-electron chi connectivity index (χ3n) is 4.47. The van der Waals surface area contributed by atoms with Crippen LogP contribution >= 0.6 is 0 Å². The summed E-state index contributed by atoms with van der Waals surface area (Å²) in [6.07, 6.45) is 0.252. The van der Waals surface area contributed by atoms with Crippen molar-refractivity contribution in [2.24, 2.45) is 0 Å². The molecule has 0 saturated carbocycles. The molecule has 0 aliphatic carbocycles. The minimum atomic E-state index is -0.246. The van der Waals surface area contributed by atoms with Gasteiger partial charge in [0.1, 0.15) is 0 Å². The van der Waals surface area contributed by atoms with Crippen molar-refractivity contribution in [3.05, 3.63) is 35.4 Å². The lowest BCUT2D eigenvalue weighted by molar-refractivity contribution is -0.116. The zero-order valence-electron chi connectivity index (χ0n) is 13.8. The lowest BCUT2D eigenvalue weighted by atomic mass is 9.84. The molecule has 2 aliphatic rings. The van der Waals surface area contributed by atoms with E-state index in [1.54, 1.807) is 19.2 Å². The molecule has 7 nitrogen and oxygen atoms in total. The van der Waals surface area contributed by atoms with Crippen molar-refractivity contribution in [3.63, 3.8) is 0 Å². The standard InChI is InChI=1S/C18H17NO6/c1-22-14-7-12-11(5-13(14)20)10(6-17(21)19-12)9-3-15(23-2)18-16(4-9)24-8-25-18/h3-5,7,10,20H,6,8H2,1-2H3,(H,19,21). The van der Waals surface area contributed by atoms with E-state index >= 15 is 0 Å². The van der Waals surface area contributed by atoms with E-state index in [1.807, 2.05) is 12.1 Å². The van der Waals surface area contributed by atoms with Crippen LogP contribution in [0, 0.1) is 0 Å². The van der Waals surface area contributed by atoms with Crippen LogP contribution in [0.5, 0.6) is 28.7 Å². The summed E-state index contributed by atoms with van der Waals surface area (Å²) < 4.78 is 21.4. The third-order valence-corrected chi connectivity index (χ3v) is 4.47. The quantitative estimate of drug-likeness (QED) is 0.833. The second-order valence-electron chi connectivity index (χ2n) is 5.87. The highest BCUT2D eigenvalue weighted by Gasteiger charge is 2.31. The van der Waals surface area contributed by atoms with E-state index in [9.17, 15) is 9.90 Å². The fourth-order valence-corrected chi connectivity index (χ4v) is 3.29.